The summed E-state index contributed by atoms with van der Waals surface area (Å²) in [5, 5.41) is 18.4. The van der Waals surface area contributed by atoms with Crippen LogP contribution in [0.2, 0.25) is 0 Å². The zero-order chi connectivity index (χ0) is 22.5. The minimum Gasteiger partial charge on any atom is -0.444 e. The highest BCUT2D eigenvalue weighted by Crippen LogP contribution is 2.58. The third-order valence-electron chi connectivity index (χ3n) is 6.54. The van der Waals surface area contributed by atoms with Gasteiger partial charge < -0.3 is 29.5 Å². The molecule has 2 heterocycles. The maximum atomic E-state index is 11.7. The van der Waals surface area contributed by atoms with Gasteiger partial charge in [0.15, 0.2) is 0 Å². The van der Waals surface area contributed by atoms with E-state index in [-0.39, 0.29) is 36.2 Å². The van der Waals surface area contributed by atoms with Gasteiger partial charge in [0.05, 0.1) is 13.2 Å². The molecule has 0 aromatic rings. The molecule has 2 saturated carbocycles. The second kappa shape index (κ2) is 7.55. The van der Waals surface area contributed by atoms with Crippen molar-refractivity contribution in [3.05, 3.63) is 0 Å². The molecule has 30 heavy (non-hydrogen) atoms. The van der Waals surface area contributed by atoms with Crippen LogP contribution in [0.1, 0.15) is 54.4 Å². The van der Waals surface area contributed by atoms with Crippen LogP contribution >= 0.6 is 0 Å². The summed E-state index contributed by atoms with van der Waals surface area (Å²) in [7, 11) is 0. The van der Waals surface area contributed by atoms with E-state index in [4.69, 9.17) is 9.47 Å². The fraction of sp³-hybridized carbons (Fsp3) is 0.909. The van der Waals surface area contributed by atoms with Gasteiger partial charge >= 0.3 is 12.2 Å². The first-order valence-electron chi connectivity index (χ1n) is 10.9. The summed E-state index contributed by atoms with van der Waals surface area (Å²) in [6, 6.07) is 0. The number of ether oxygens (including phenoxy) is 2. The average molecular weight is 427 g/mol. The molecule has 2 saturated heterocycles. The van der Waals surface area contributed by atoms with E-state index < -0.39 is 11.2 Å². The van der Waals surface area contributed by atoms with Gasteiger partial charge in [0, 0.05) is 37.0 Å². The number of aliphatic hydroxyl groups excluding tert-OH is 2. The van der Waals surface area contributed by atoms with Crippen molar-refractivity contribution in [2.45, 2.75) is 65.6 Å². The van der Waals surface area contributed by atoms with E-state index in [1.807, 2.05) is 41.5 Å². The molecule has 0 bridgehead atoms. The van der Waals surface area contributed by atoms with Crippen LogP contribution in [0.15, 0.2) is 0 Å². The number of carbonyl (C=O) groups is 2. The minimum atomic E-state index is -0.434. The SMILES string of the molecule is CC(C)(C)OC(=O)N1C[C@@H]2C[C@]2(CO)C1.CC(C)(C)OC(=O)N1C[C@H]2C[C@@]2(CO)C1. The average Bonchev–Trinajstić information content (AvgIpc) is 3.40. The van der Waals surface area contributed by atoms with Gasteiger partial charge in [-0.1, -0.05) is 0 Å². The first-order valence-corrected chi connectivity index (χ1v) is 10.9. The fourth-order valence-electron chi connectivity index (χ4n) is 4.61. The molecule has 8 nitrogen and oxygen atoms in total. The number of nitrogens with zero attached hydrogens (tertiary/aromatic N) is 2. The van der Waals surface area contributed by atoms with Crippen LogP contribution in [0.5, 0.6) is 0 Å². The van der Waals surface area contributed by atoms with Crippen molar-refractivity contribution in [2.75, 3.05) is 39.4 Å². The topological polar surface area (TPSA) is 99.5 Å². The molecule has 0 aromatic heterocycles. The number of hydrogen-bond donors (Lipinski definition) is 2. The third-order valence-corrected chi connectivity index (χ3v) is 6.54. The third kappa shape index (κ3) is 5.02. The maximum absolute atomic E-state index is 11.7. The highest BCUT2D eigenvalue weighted by Gasteiger charge is 2.61. The smallest absolute Gasteiger partial charge is 0.410 e. The molecule has 2 amide bonds. The summed E-state index contributed by atoms with van der Waals surface area (Å²) in [6.07, 6.45) is 1.62. The Labute approximate surface area is 179 Å². The molecule has 0 aromatic carbocycles. The van der Waals surface area contributed by atoms with E-state index in [1.54, 1.807) is 9.80 Å². The summed E-state index contributed by atoms with van der Waals surface area (Å²) in [4.78, 5) is 26.9. The number of fused-ring (bicyclic) bond motifs is 2. The molecule has 4 aliphatic rings. The molecule has 0 radical (unpaired) electrons. The molecular formula is C22H38N2O6. The Balaban J connectivity index is 0.000000171. The van der Waals surface area contributed by atoms with Crippen molar-refractivity contribution in [3.63, 3.8) is 0 Å². The Hall–Kier alpha value is -1.54. The molecule has 172 valence electrons. The van der Waals surface area contributed by atoms with Crippen molar-refractivity contribution in [1.29, 1.82) is 0 Å². The molecule has 2 N–H and O–H groups in total. The van der Waals surface area contributed by atoms with E-state index in [2.05, 4.69) is 0 Å². The van der Waals surface area contributed by atoms with Crippen molar-refractivity contribution < 1.29 is 29.3 Å². The predicted octanol–water partition coefficient (Wildman–Crippen LogP) is 2.47. The van der Waals surface area contributed by atoms with Gasteiger partial charge in [0.25, 0.3) is 0 Å². The van der Waals surface area contributed by atoms with Crippen LogP contribution in [0.3, 0.4) is 0 Å². The summed E-state index contributed by atoms with van der Waals surface area (Å²) in [5.41, 5.74) is -0.847. The predicted molar refractivity (Wildman–Crippen MR) is 111 cm³/mol. The summed E-state index contributed by atoms with van der Waals surface area (Å²) < 4.78 is 10.6. The lowest BCUT2D eigenvalue weighted by molar-refractivity contribution is 0.0241. The fourth-order valence-corrected chi connectivity index (χ4v) is 4.61. The quantitative estimate of drug-likeness (QED) is 0.704. The van der Waals surface area contributed by atoms with Gasteiger partial charge in [-0.25, -0.2) is 9.59 Å². The second-order valence-electron chi connectivity index (χ2n) is 11.6. The van der Waals surface area contributed by atoms with Gasteiger partial charge in [-0.3, -0.25) is 0 Å². The van der Waals surface area contributed by atoms with Crippen LogP contribution in [0, 0.1) is 22.7 Å². The molecular weight excluding hydrogens is 388 g/mol. The largest absolute Gasteiger partial charge is 0.444 e. The van der Waals surface area contributed by atoms with Crippen LogP contribution in [-0.2, 0) is 9.47 Å². The van der Waals surface area contributed by atoms with Crippen molar-refractivity contribution in [3.8, 4) is 0 Å². The van der Waals surface area contributed by atoms with Gasteiger partial charge in [-0.15, -0.1) is 0 Å². The van der Waals surface area contributed by atoms with Crippen LogP contribution < -0.4 is 0 Å². The number of hydrogen-bond acceptors (Lipinski definition) is 6. The lowest BCUT2D eigenvalue weighted by Gasteiger charge is -2.26. The van der Waals surface area contributed by atoms with Crippen LogP contribution in [-0.4, -0.2) is 82.8 Å². The second-order valence-corrected chi connectivity index (χ2v) is 11.6. The zero-order valence-electron chi connectivity index (χ0n) is 19.2. The van der Waals surface area contributed by atoms with Gasteiger partial charge in [-0.2, -0.15) is 0 Å². The summed E-state index contributed by atoms with van der Waals surface area (Å²) >= 11 is 0. The Morgan fingerprint density at radius 2 is 1.13 bits per heavy atom. The first kappa shape index (κ1) is 23.1. The lowest BCUT2D eigenvalue weighted by atomic mass is 10.1. The molecule has 0 spiro atoms. The van der Waals surface area contributed by atoms with Crippen molar-refractivity contribution >= 4 is 12.2 Å². The van der Waals surface area contributed by atoms with E-state index in [9.17, 15) is 19.8 Å². The van der Waals surface area contributed by atoms with Crippen LogP contribution in [0.25, 0.3) is 0 Å². The standard InChI is InChI=1S/2C11H19NO3/c2*1-10(2,3)15-9(14)12-5-8-4-11(8,6-12)7-13/h2*8,13H,4-7H2,1-3H3/t2*8-,11+/m10/s1. The molecule has 4 fully saturated rings. The number of piperidine rings is 2. The Bertz CT molecular complexity index is 618. The normalized spacial score (nSPS) is 33.9. The maximum Gasteiger partial charge on any atom is 0.410 e. The van der Waals surface area contributed by atoms with Gasteiger partial charge in [0.2, 0.25) is 0 Å². The van der Waals surface area contributed by atoms with Crippen molar-refractivity contribution in [1.82, 2.24) is 9.80 Å². The van der Waals surface area contributed by atoms with Crippen LogP contribution in [0.4, 0.5) is 9.59 Å². The number of likely N-dealkylation sites (tertiary alicyclic amines) is 2. The molecule has 0 unspecified atom stereocenters. The van der Waals surface area contributed by atoms with Gasteiger partial charge in [-0.05, 0) is 66.2 Å². The highest BCUT2D eigenvalue weighted by atomic mass is 16.6. The van der Waals surface area contributed by atoms with E-state index >= 15 is 0 Å². The zero-order valence-corrected chi connectivity index (χ0v) is 19.2. The molecule has 2 aliphatic carbocycles. The Kier molecular flexibility index (Phi) is 5.82. The first-order chi connectivity index (χ1) is 13.7. The number of aliphatic hydroxyl groups is 2. The Morgan fingerprint density at radius 1 is 0.800 bits per heavy atom. The molecule has 2 aliphatic heterocycles. The highest BCUT2D eigenvalue weighted by molar-refractivity contribution is 5.69. The van der Waals surface area contributed by atoms with E-state index in [0.717, 1.165) is 25.9 Å². The molecule has 4 atom stereocenters. The van der Waals surface area contributed by atoms with E-state index in [0.29, 0.717) is 24.9 Å². The summed E-state index contributed by atoms with van der Waals surface area (Å²) in [6.45, 7) is 14.4. The Morgan fingerprint density at radius 3 is 1.37 bits per heavy atom. The van der Waals surface area contributed by atoms with Crippen molar-refractivity contribution in [2.24, 2.45) is 22.7 Å². The monoisotopic (exact) mass is 426 g/mol. The van der Waals surface area contributed by atoms with E-state index in [1.165, 1.54) is 0 Å². The minimum absolute atomic E-state index is 0.0108. The van der Waals surface area contributed by atoms with Gasteiger partial charge in [0.1, 0.15) is 11.2 Å². The lowest BCUT2D eigenvalue weighted by Crippen LogP contribution is -2.37. The summed E-state index contributed by atoms with van der Waals surface area (Å²) in [5.74, 6) is 0.991. The number of carbonyl (C=O) groups excluding carboxylic acids is 2. The molecule has 4 rings (SSSR count). The number of rotatable bonds is 2. The molecule has 8 heteroatoms. The number of amides is 2.